The van der Waals surface area contributed by atoms with E-state index in [0.717, 1.165) is 11.6 Å². The number of hydrogen-bond donors (Lipinski definition) is 1. The molecule has 0 saturated carbocycles. The Morgan fingerprint density at radius 3 is 2.31 bits per heavy atom. The summed E-state index contributed by atoms with van der Waals surface area (Å²) < 4.78 is 12.3. The normalized spacial score (nSPS) is 14.3. The van der Waals surface area contributed by atoms with Gasteiger partial charge in [-0.2, -0.15) is 5.10 Å². The molecule has 1 aromatic carbocycles. The van der Waals surface area contributed by atoms with Crippen molar-refractivity contribution in [2.24, 2.45) is 7.05 Å². The zero-order chi connectivity index (χ0) is 18.8. The van der Waals surface area contributed by atoms with E-state index in [1.54, 1.807) is 37.3 Å². The van der Waals surface area contributed by atoms with Crippen LogP contribution >= 0.6 is 0 Å². The van der Waals surface area contributed by atoms with Crippen molar-refractivity contribution in [3.63, 3.8) is 0 Å². The minimum Gasteiger partial charge on any atom is -0.497 e. The first kappa shape index (κ1) is 18.0. The first-order valence-corrected chi connectivity index (χ1v) is 8.61. The SMILES string of the molecule is COc1cc(NC(=O)N2CC(c3nc(C(C)C)nn3C)C2)cc(OC)c1. The van der Waals surface area contributed by atoms with Crippen LogP contribution in [0.25, 0.3) is 0 Å². The molecule has 1 saturated heterocycles. The molecule has 0 unspecified atom stereocenters. The monoisotopic (exact) mass is 359 g/mol. The molecule has 8 heteroatoms. The van der Waals surface area contributed by atoms with Gasteiger partial charge in [0, 0.05) is 49.9 Å². The summed E-state index contributed by atoms with van der Waals surface area (Å²) in [5, 5.41) is 7.34. The summed E-state index contributed by atoms with van der Waals surface area (Å²) in [5.74, 6) is 3.53. The molecule has 0 radical (unpaired) electrons. The molecule has 1 N–H and O–H groups in total. The Kier molecular flexibility index (Phi) is 5.01. The number of aryl methyl sites for hydroxylation is 1. The number of hydrogen-bond acceptors (Lipinski definition) is 5. The van der Waals surface area contributed by atoms with Crippen molar-refractivity contribution in [2.45, 2.75) is 25.7 Å². The van der Waals surface area contributed by atoms with Crippen LogP contribution < -0.4 is 14.8 Å². The van der Waals surface area contributed by atoms with Crippen LogP contribution in [0.3, 0.4) is 0 Å². The number of nitrogens with one attached hydrogen (secondary N) is 1. The number of amides is 2. The molecule has 0 bridgehead atoms. The molecule has 0 spiro atoms. The third-order valence-corrected chi connectivity index (χ3v) is 4.47. The lowest BCUT2D eigenvalue weighted by atomic mass is 10.00. The van der Waals surface area contributed by atoms with Crippen LogP contribution in [0.4, 0.5) is 10.5 Å². The topological polar surface area (TPSA) is 81.5 Å². The van der Waals surface area contributed by atoms with E-state index in [1.165, 1.54) is 0 Å². The van der Waals surface area contributed by atoms with E-state index in [1.807, 2.05) is 11.7 Å². The number of carbonyl (C=O) groups excluding carboxylic acids is 1. The van der Waals surface area contributed by atoms with Crippen LogP contribution in [0.15, 0.2) is 18.2 Å². The average Bonchev–Trinajstić information content (AvgIpc) is 2.95. The third kappa shape index (κ3) is 3.58. The maximum atomic E-state index is 12.5. The Morgan fingerprint density at radius 2 is 1.81 bits per heavy atom. The second-order valence-corrected chi connectivity index (χ2v) is 6.74. The predicted molar refractivity (Wildman–Crippen MR) is 98.0 cm³/mol. The number of benzene rings is 1. The highest BCUT2D eigenvalue weighted by Crippen LogP contribution is 2.29. The number of urea groups is 1. The number of rotatable bonds is 5. The van der Waals surface area contributed by atoms with E-state index in [9.17, 15) is 4.79 Å². The van der Waals surface area contributed by atoms with E-state index >= 15 is 0 Å². The van der Waals surface area contributed by atoms with E-state index < -0.39 is 0 Å². The van der Waals surface area contributed by atoms with Crippen molar-refractivity contribution in [1.29, 1.82) is 0 Å². The van der Waals surface area contributed by atoms with Gasteiger partial charge in [0.2, 0.25) is 0 Å². The Labute approximate surface area is 153 Å². The average molecular weight is 359 g/mol. The zero-order valence-corrected chi connectivity index (χ0v) is 15.8. The molecule has 2 aromatic rings. The molecule has 8 nitrogen and oxygen atoms in total. The highest BCUT2D eigenvalue weighted by atomic mass is 16.5. The fourth-order valence-electron chi connectivity index (χ4n) is 2.91. The Morgan fingerprint density at radius 1 is 1.19 bits per heavy atom. The highest BCUT2D eigenvalue weighted by Gasteiger charge is 2.35. The summed E-state index contributed by atoms with van der Waals surface area (Å²) in [6, 6.07) is 5.13. The standard InChI is InChI=1S/C18H25N5O3/c1-11(2)16-20-17(22(3)21-16)12-9-23(10-12)18(24)19-13-6-14(25-4)8-15(7-13)26-5/h6-8,11-12H,9-10H2,1-5H3,(H,19,24). The van der Waals surface area contributed by atoms with Gasteiger partial charge in [-0.1, -0.05) is 13.8 Å². The van der Waals surface area contributed by atoms with Crippen molar-refractivity contribution in [2.75, 3.05) is 32.6 Å². The lowest BCUT2D eigenvalue weighted by Gasteiger charge is -2.38. The van der Waals surface area contributed by atoms with Crippen LogP contribution in [-0.2, 0) is 7.05 Å². The number of ether oxygens (including phenoxy) is 2. The first-order chi connectivity index (χ1) is 12.4. The van der Waals surface area contributed by atoms with Crippen molar-refractivity contribution in [3.05, 3.63) is 29.8 Å². The van der Waals surface area contributed by atoms with Gasteiger partial charge < -0.3 is 19.7 Å². The molecule has 1 aliphatic heterocycles. The zero-order valence-electron chi connectivity index (χ0n) is 15.8. The second kappa shape index (κ2) is 7.23. The summed E-state index contributed by atoms with van der Waals surface area (Å²) in [5.41, 5.74) is 0.635. The number of aromatic nitrogens is 3. The second-order valence-electron chi connectivity index (χ2n) is 6.74. The maximum Gasteiger partial charge on any atom is 0.321 e. The highest BCUT2D eigenvalue weighted by molar-refractivity contribution is 5.90. The fraction of sp³-hybridized carbons (Fsp3) is 0.500. The van der Waals surface area contributed by atoms with E-state index in [4.69, 9.17) is 9.47 Å². The fourth-order valence-corrected chi connectivity index (χ4v) is 2.91. The van der Waals surface area contributed by atoms with E-state index in [-0.39, 0.29) is 17.9 Å². The number of carbonyl (C=O) groups is 1. The Balaban J connectivity index is 1.62. The van der Waals surface area contributed by atoms with Gasteiger partial charge in [-0.3, -0.25) is 4.68 Å². The lowest BCUT2D eigenvalue weighted by Crippen LogP contribution is -2.51. The molecule has 3 rings (SSSR count). The van der Waals surface area contributed by atoms with Crippen LogP contribution in [0.5, 0.6) is 11.5 Å². The first-order valence-electron chi connectivity index (χ1n) is 8.61. The van der Waals surface area contributed by atoms with Crippen molar-refractivity contribution < 1.29 is 14.3 Å². The van der Waals surface area contributed by atoms with Gasteiger partial charge in [0.1, 0.15) is 17.3 Å². The molecule has 26 heavy (non-hydrogen) atoms. The molecular formula is C18H25N5O3. The van der Waals surface area contributed by atoms with Gasteiger partial charge in [-0.25, -0.2) is 9.78 Å². The Hall–Kier alpha value is -2.77. The largest absolute Gasteiger partial charge is 0.497 e. The van der Waals surface area contributed by atoms with Crippen LogP contribution in [0.2, 0.25) is 0 Å². The number of methoxy groups -OCH3 is 2. The molecule has 1 aliphatic rings. The van der Waals surface area contributed by atoms with E-state index in [2.05, 4.69) is 29.2 Å². The van der Waals surface area contributed by atoms with Crippen LogP contribution in [0.1, 0.15) is 37.3 Å². The summed E-state index contributed by atoms with van der Waals surface area (Å²) >= 11 is 0. The van der Waals surface area contributed by atoms with Crippen LogP contribution in [0, 0.1) is 0 Å². The molecule has 0 aliphatic carbocycles. The van der Waals surface area contributed by atoms with Crippen molar-refractivity contribution in [3.8, 4) is 11.5 Å². The van der Waals surface area contributed by atoms with Crippen molar-refractivity contribution in [1.82, 2.24) is 19.7 Å². The number of nitrogens with zero attached hydrogens (tertiary/aromatic N) is 4. The molecule has 2 heterocycles. The third-order valence-electron chi connectivity index (χ3n) is 4.47. The maximum absolute atomic E-state index is 12.5. The quantitative estimate of drug-likeness (QED) is 0.887. The molecule has 1 fully saturated rings. The van der Waals surface area contributed by atoms with Crippen LogP contribution in [-0.4, -0.2) is 53.0 Å². The van der Waals surface area contributed by atoms with Gasteiger partial charge in [-0.15, -0.1) is 0 Å². The van der Waals surface area contributed by atoms with Crippen molar-refractivity contribution >= 4 is 11.7 Å². The molecule has 2 amide bonds. The van der Waals surface area contributed by atoms with Gasteiger partial charge in [0.05, 0.1) is 20.1 Å². The van der Waals surface area contributed by atoms with Gasteiger partial charge in [0.15, 0.2) is 5.82 Å². The smallest absolute Gasteiger partial charge is 0.321 e. The van der Waals surface area contributed by atoms with E-state index in [0.29, 0.717) is 30.3 Å². The summed E-state index contributed by atoms with van der Waals surface area (Å²) in [4.78, 5) is 18.8. The minimum atomic E-state index is -0.150. The summed E-state index contributed by atoms with van der Waals surface area (Å²) in [6.07, 6.45) is 0. The van der Waals surface area contributed by atoms with Gasteiger partial charge in [-0.05, 0) is 0 Å². The number of anilines is 1. The molecule has 140 valence electrons. The lowest BCUT2D eigenvalue weighted by molar-refractivity contribution is 0.159. The van der Waals surface area contributed by atoms with Gasteiger partial charge in [0.25, 0.3) is 0 Å². The molecule has 0 atom stereocenters. The summed E-state index contributed by atoms with van der Waals surface area (Å²) in [6.45, 7) is 5.39. The Bertz CT molecular complexity index is 774. The predicted octanol–water partition coefficient (Wildman–Crippen LogP) is 2.59. The van der Waals surface area contributed by atoms with Gasteiger partial charge >= 0.3 is 6.03 Å². The number of likely N-dealkylation sites (tertiary alicyclic amines) is 1. The molecule has 1 aromatic heterocycles. The summed E-state index contributed by atoms with van der Waals surface area (Å²) in [7, 11) is 5.05. The molecular weight excluding hydrogens is 334 g/mol. The minimum absolute atomic E-state index is 0.150.